The van der Waals surface area contributed by atoms with Crippen LogP contribution in [-0.2, 0) is 23.4 Å². The monoisotopic (exact) mass is 412 g/mol. The number of hydrogen-bond acceptors (Lipinski definition) is 6. The number of hydrogen-bond donors (Lipinski definition) is 3. The van der Waals surface area contributed by atoms with Gasteiger partial charge in [0.1, 0.15) is 5.69 Å². The van der Waals surface area contributed by atoms with Crippen LogP contribution in [0.3, 0.4) is 0 Å². The first-order chi connectivity index (χ1) is 13.8. The number of anilines is 1. The number of nitrogens with zero attached hydrogens (tertiary/aromatic N) is 4. The van der Waals surface area contributed by atoms with Crippen molar-refractivity contribution in [2.24, 2.45) is 5.84 Å². The zero-order valence-corrected chi connectivity index (χ0v) is 16.5. The Morgan fingerprint density at radius 1 is 1.21 bits per heavy atom. The molecule has 0 saturated carbocycles. The molecule has 1 aliphatic heterocycles. The molecule has 1 aliphatic rings. The second-order valence-corrected chi connectivity index (χ2v) is 8.00. The van der Waals surface area contributed by atoms with Gasteiger partial charge in [0, 0.05) is 11.8 Å². The predicted molar refractivity (Wildman–Crippen MR) is 109 cm³/mol. The van der Waals surface area contributed by atoms with E-state index in [1.807, 2.05) is 42.6 Å². The number of rotatable bonds is 5. The summed E-state index contributed by atoms with van der Waals surface area (Å²) in [4.78, 5) is 0. The molecule has 4 rings (SSSR count). The molecule has 3 aromatic rings. The maximum absolute atomic E-state index is 11.0. The Labute approximate surface area is 168 Å². The Kier molecular flexibility index (Phi) is 4.82. The highest BCUT2D eigenvalue weighted by atomic mass is 32.2. The number of hydrazine groups is 1. The van der Waals surface area contributed by atoms with E-state index in [2.05, 4.69) is 15.0 Å². The van der Waals surface area contributed by atoms with Crippen molar-refractivity contribution in [1.82, 2.24) is 20.0 Å². The second kappa shape index (κ2) is 7.32. The fourth-order valence-corrected chi connectivity index (χ4v) is 3.86. The highest BCUT2D eigenvalue weighted by Crippen LogP contribution is 2.29. The van der Waals surface area contributed by atoms with Crippen LogP contribution in [0.1, 0.15) is 28.1 Å². The number of fused-ring (bicyclic) bond motifs is 1. The largest absolute Gasteiger partial charge is 0.357 e. The molecule has 0 amide bonds. The van der Waals surface area contributed by atoms with E-state index in [0.29, 0.717) is 24.3 Å². The van der Waals surface area contributed by atoms with E-state index < -0.39 is 10.3 Å². The summed E-state index contributed by atoms with van der Waals surface area (Å²) in [6, 6.07) is 15.1. The van der Waals surface area contributed by atoms with Gasteiger partial charge in [-0.2, -0.15) is 8.42 Å². The SMILES string of the molecule is Cc1cc(Cn2nnc3c2CN(N)C=C3c2ccccc2)ccc1NS(=O)(=O)O. The molecule has 0 radical (unpaired) electrons. The van der Waals surface area contributed by atoms with Gasteiger partial charge in [-0.25, -0.2) is 10.5 Å². The fraction of sp³-hybridized carbons (Fsp3) is 0.158. The molecule has 0 aliphatic carbocycles. The minimum atomic E-state index is -4.32. The number of nitrogens with one attached hydrogen (secondary N) is 1. The number of nitrogens with two attached hydrogens (primary N) is 1. The lowest BCUT2D eigenvalue weighted by Gasteiger charge is -2.22. The van der Waals surface area contributed by atoms with Crippen LogP contribution in [0.15, 0.2) is 54.7 Å². The molecule has 0 spiro atoms. The first-order valence-electron chi connectivity index (χ1n) is 8.86. The molecule has 1 aromatic heterocycles. The molecule has 4 N–H and O–H groups in total. The molecular weight excluding hydrogens is 392 g/mol. The van der Waals surface area contributed by atoms with Crippen LogP contribution in [0.25, 0.3) is 5.57 Å². The summed E-state index contributed by atoms with van der Waals surface area (Å²) in [6.45, 7) is 2.68. The van der Waals surface area contributed by atoms with E-state index in [9.17, 15) is 8.42 Å². The summed E-state index contributed by atoms with van der Waals surface area (Å²) >= 11 is 0. The topological polar surface area (TPSA) is 126 Å². The van der Waals surface area contributed by atoms with Gasteiger partial charge in [-0.05, 0) is 29.7 Å². The third kappa shape index (κ3) is 4.14. The van der Waals surface area contributed by atoms with Gasteiger partial charge in [-0.15, -0.1) is 5.10 Å². The van der Waals surface area contributed by atoms with Crippen molar-refractivity contribution in [2.45, 2.75) is 20.0 Å². The normalized spacial score (nSPS) is 13.8. The molecule has 10 heteroatoms. The van der Waals surface area contributed by atoms with Gasteiger partial charge >= 0.3 is 10.3 Å². The minimum Gasteiger partial charge on any atom is -0.312 e. The smallest absolute Gasteiger partial charge is 0.312 e. The Morgan fingerprint density at radius 2 is 1.97 bits per heavy atom. The molecule has 150 valence electrons. The van der Waals surface area contributed by atoms with Gasteiger partial charge in [0.15, 0.2) is 0 Å². The lowest BCUT2D eigenvalue weighted by Crippen LogP contribution is -2.29. The molecule has 0 saturated heterocycles. The molecule has 0 fully saturated rings. The summed E-state index contributed by atoms with van der Waals surface area (Å²) in [5.41, 5.74) is 5.51. The molecule has 2 heterocycles. The lowest BCUT2D eigenvalue weighted by atomic mass is 10.00. The fourth-order valence-electron chi connectivity index (χ4n) is 3.35. The van der Waals surface area contributed by atoms with Crippen molar-refractivity contribution >= 4 is 21.6 Å². The number of aryl methyl sites for hydroxylation is 1. The van der Waals surface area contributed by atoms with E-state index in [-0.39, 0.29) is 0 Å². The van der Waals surface area contributed by atoms with Gasteiger partial charge in [-0.3, -0.25) is 9.27 Å². The van der Waals surface area contributed by atoms with Crippen molar-refractivity contribution in [3.8, 4) is 0 Å². The van der Waals surface area contributed by atoms with Gasteiger partial charge in [0.05, 0.1) is 24.5 Å². The van der Waals surface area contributed by atoms with E-state index in [1.54, 1.807) is 28.7 Å². The van der Waals surface area contributed by atoms with E-state index in [1.165, 1.54) is 0 Å². The predicted octanol–water partition coefficient (Wildman–Crippen LogP) is 1.93. The van der Waals surface area contributed by atoms with Crippen LogP contribution >= 0.6 is 0 Å². The van der Waals surface area contributed by atoms with Crippen molar-refractivity contribution in [3.05, 3.63) is 82.8 Å². The standard InChI is InChI=1S/C19H20N6O3S/c1-13-9-14(7-8-17(13)22-29(26,27)28)10-25-18-12-24(20)11-16(19(18)21-23-25)15-5-3-2-4-6-15/h2-9,11,22H,10,12,20H2,1H3,(H,26,27,28). The van der Waals surface area contributed by atoms with Crippen molar-refractivity contribution < 1.29 is 13.0 Å². The molecule has 29 heavy (non-hydrogen) atoms. The third-order valence-corrected chi connectivity index (χ3v) is 5.14. The quantitative estimate of drug-likeness (QED) is 0.432. The van der Waals surface area contributed by atoms with Crippen molar-refractivity contribution in [3.63, 3.8) is 0 Å². The lowest BCUT2D eigenvalue weighted by molar-refractivity contribution is 0.366. The zero-order chi connectivity index (χ0) is 20.6. The Hall–Kier alpha value is -3.21. The van der Waals surface area contributed by atoms with Gasteiger partial charge in [0.2, 0.25) is 0 Å². The van der Waals surface area contributed by atoms with Crippen molar-refractivity contribution in [1.29, 1.82) is 0 Å². The first-order valence-corrected chi connectivity index (χ1v) is 10.3. The Bertz CT molecular complexity index is 1190. The maximum Gasteiger partial charge on any atom is 0.357 e. The summed E-state index contributed by atoms with van der Waals surface area (Å²) in [5, 5.41) is 10.3. The van der Waals surface area contributed by atoms with E-state index in [4.69, 9.17) is 10.4 Å². The average Bonchev–Trinajstić information content (AvgIpc) is 3.06. The third-order valence-electron chi connectivity index (χ3n) is 4.67. The number of aromatic nitrogens is 3. The molecule has 0 bridgehead atoms. The Balaban J connectivity index is 1.63. The molecule has 0 atom stereocenters. The Morgan fingerprint density at radius 3 is 2.66 bits per heavy atom. The highest BCUT2D eigenvalue weighted by Gasteiger charge is 2.24. The maximum atomic E-state index is 11.0. The van der Waals surface area contributed by atoms with Crippen LogP contribution in [-0.4, -0.2) is 33.0 Å². The van der Waals surface area contributed by atoms with Crippen LogP contribution in [0.2, 0.25) is 0 Å². The van der Waals surface area contributed by atoms with Gasteiger partial charge in [-0.1, -0.05) is 47.7 Å². The molecule has 9 nitrogen and oxygen atoms in total. The van der Waals surface area contributed by atoms with Crippen LogP contribution in [0.5, 0.6) is 0 Å². The van der Waals surface area contributed by atoms with Crippen LogP contribution in [0.4, 0.5) is 5.69 Å². The van der Waals surface area contributed by atoms with E-state index >= 15 is 0 Å². The summed E-state index contributed by atoms with van der Waals surface area (Å²) < 4.78 is 34.9. The number of benzene rings is 2. The zero-order valence-electron chi connectivity index (χ0n) is 15.6. The summed E-state index contributed by atoms with van der Waals surface area (Å²) in [6.07, 6.45) is 1.86. The highest BCUT2D eigenvalue weighted by molar-refractivity contribution is 7.87. The first kappa shape index (κ1) is 19.1. The van der Waals surface area contributed by atoms with Crippen molar-refractivity contribution in [2.75, 3.05) is 4.72 Å². The van der Waals surface area contributed by atoms with Crippen LogP contribution < -0.4 is 10.6 Å². The molecule has 2 aromatic carbocycles. The molecular formula is C19H20N6O3S. The van der Waals surface area contributed by atoms with E-state index in [0.717, 1.165) is 28.1 Å². The molecule has 0 unspecified atom stereocenters. The second-order valence-electron chi connectivity index (χ2n) is 6.85. The van der Waals surface area contributed by atoms with Gasteiger partial charge in [0.25, 0.3) is 0 Å². The average molecular weight is 412 g/mol. The van der Waals surface area contributed by atoms with Gasteiger partial charge < -0.3 is 5.01 Å². The summed E-state index contributed by atoms with van der Waals surface area (Å²) in [7, 11) is -4.32. The summed E-state index contributed by atoms with van der Waals surface area (Å²) in [5.74, 6) is 6.10. The minimum absolute atomic E-state index is 0.319. The van der Waals surface area contributed by atoms with Crippen LogP contribution in [0, 0.1) is 6.92 Å².